The Morgan fingerprint density at radius 1 is 1.25 bits per heavy atom. The van der Waals surface area contributed by atoms with Crippen molar-refractivity contribution in [2.75, 3.05) is 32.6 Å². The molecule has 2 aromatic heterocycles. The molecule has 3 N–H and O–H groups in total. The SMILES string of the molecule is CN(C)C(=O)C(CNC(=O)C(=O)Nc1ccc(Cl)cn1)NC(=O)c1nc2c(s1)COCC2. The standard InChI is InChI=1S/C19H21ClN6O5S/c1-26(2)19(30)12(23-17(29)18-24-11-5-6-31-9-13(11)32-18)8-22-15(27)16(28)25-14-4-3-10(20)7-21-14/h3-4,7,12H,5-6,8-9H2,1-2H3,(H,22,27)(H,23,29)(H,21,25,28). The van der Waals surface area contributed by atoms with Crippen molar-refractivity contribution in [3.05, 3.63) is 38.9 Å². The lowest BCUT2D eigenvalue weighted by Gasteiger charge is -2.21. The molecule has 32 heavy (non-hydrogen) atoms. The number of hydrogen-bond acceptors (Lipinski definition) is 8. The van der Waals surface area contributed by atoms with Crippen molar-refractivity contribution in [2.45, 2.75) is 19.1 Å². The molecule has 0 aromatic carbocycles. The van der Waals surface area contributed by atoms with Crippen molar-refractivity contribution >= 4 is 52.4 Å². The van der Waals surface area contributed by atoms with Crippen LogP contribution >= 0.6 is 22.9 Å². The van der Waals surface area contributed by atoms with Gasteiger partial charge in [-0.15, -0.1) is 11.3 Å². The number of nitrogens with zero attached hydrogens (tertiary/aromatic N) is 3. The summed E-state index contributed by atoms with van der Waals surface area (Å²) in [4.78, 5) is 59.7. The molecule has 3 rings (SSSR count). The molecule has 0 spiro atoms. The zero-order valence-electron chi connectivity index (χ0n) is 17.3. The highest BCUT2D eigenvalue weighted by Gasteiger charge is 2.27. The number of nitrogens with one attached hydrogen (secondary N) is 3. The summed E-state index contributed by atoms with van der Waals surface area (Å²) in [5.74, 6) is -2.83. The van der Waals surface area contributed by atoms with Gasteiger partial charge in [0.15, 0.2) is 5.01 Å². The van der Waals surface area contributed by atoms with Crippen LogP contribution in [0.4, 0.5) is 5.82 Å². The van der Waals surface area contributed by atoms with Gasteiger partial charge in [-0.25, -0.2) is 9.97 Å². The molecule has 0 fully saturated rings. The number of aromatic nitrogens is 2. The summed E-state index contributed by atoms with van der Waals surface area (Å²) in [6, 6.07) is 1.84. The summed E-state index contributed by atoms with van der Waals surface area (Å²) >= 11 is 6.93. The van der Waals surface area contributed by atoms with E-state index >= 15 is 0 Å². The van der Waals surface area contributed by atoms with E-state index in [1.54, 1.807) is 0 Å². The van der Waals surface area contributed by atoms with Gasteiger partial charge in [-0.1, -0.05) is 11.6 Å². The number of likely N-dealkylation sites (N-methyl/N-ethyl adjacent to an activating group) is 1. The van der Waals surface area contributed by atoms with Crippen LogP contribution in [-0.4, -0.2) is 71.8 Å². The fourth-order valence-electron chi connectivity index (χ4n) is 2.75. The highest BCUT2D eigenvalue weighted by atomic mass is 35.5. The predicted octanol–water partition coefficient (Wildman–Crippen LogP) is 0.206. The first-order chi connectivity index (χ1) is 15.2. The summed E-state index contributed by atoms with van der Waals surface area (Å²) < 4.78 is 5.36. The van der Waals surface area contributed by atoms with E-state index < -0.39 is 29.7 Å². The Balaban J connectivity index is 1.61. The molecule has 1 atom stereocenters. The number of hydrogen-bond donors (Lipinski definition) is 3. The molecule has 0 saturated heterocycles. The van der Waals surface area contributed by atoms with E-state index in [4.69, 9.17) is 16.3 Å². The number of thiazole rings is 1. The number of pyridine rings is 1. The van der Waals surface area contributed by atoms with Crippen molar-refractivity contribution in [1.29, 1.82) is 0 Å². The first-order valence-electron chi connectivity index (χ1n) is 9.53. The number of fused-ring (bicyclic) bond motifs is 1. The molecule has 0 aliphatic carbocycles. The van der Waals surface area contributed by atoms with Crippen LogP contribution in [0.25, 0.3) is 0 Å². The molecule has 1 unspecified atom stereocenters. The zero-order chi connectivity index (χ0) is 23.3. The van der Waals surface area contributed by atoms with Crippen molar-refractivity contribution in [3.8, 4) is 0 Å². The van der Waals surface area contributed by atoms with Crippen molar-refractivity contribution < 1.29 is 23.9 Å². The molecule has 11 nitrogen and oxygen atoms in total. The molecular formula is C19H21ClN6O5S. The van der Waals surface area contributed by atoms with E-state index in [0.29, 0.717) is 24.7 Å². The maximum absolute atomic E-state index is 12.7. The summed E-state index contributed by atoms with van der Waals surface area (Å²) in [6.45, 7) is 0.643. The van der Waals surface area contributed by atoms with Gasteiger partial charge in [-0.2, -0.15) is 0 Å². The summed E-state index contributed by atoms with van der Waals surface area (Å²) in [5, 5.41) is 7.82. The Morgan fingerprint density at radius 3 is 2.69 bits per heavy atom. The Bertz CT molecular complexity index is 1000. The summed E-state index contributed by atoms with van der Waals surface area (Å²) in [7, 11) is 3.03. The first-order valence-corrected chi connectivity index (χ1v) is 10.7. The van der Waals surface area contributed by atoms with Crippen molar-refractivity contribution in [3.63, 3.8) is 0 Å². The molecule has 13 heteroatoms. The number of anilines is 1. The highest BCUT2D eigenvalue weighted by Crippen LogP contribution is 2.23. The third kappa shape index (κ3) is 5.99. The van der Waals surface area contributed by atoms with Gasteiger partial charge in [-0.3, -0.25) is 19.2 Å². The van der Waals surface area contributed by atoms with Crippen LogP contribution < -0.4 is 16.0 Å². The molecule has 0 radical (unpaired) electrons. The third-order valence-corrected chi connectivity index (χ3v) is 5.67. The smallest absolute Gasteiger partial charge is 0.314 e. The minimum absolute atomic E-state index is 0.139. The highest BCUT2D eigenvalue weighted by molar-refractivity contribution is 7.13. The van der Waals surface area contributed by atoms with Crippen LogP contribution in [0.15, 0.2) is 18.3 Å². The second-order valence-electron chi connectivity index (χ2n) is 6.98. The Hall–Kier alpha value is -3.09. The molecule has 2 aromatic rings. The van der Waals surface area contributed by atoms with E-state index in [1.807, 2.05) is 0 Å². The molecule has 3 heterocycles. The van der Waals surface area contributed by atoms with E-state index in [-0.39, 0.29) is 17.4 Å². The molecule has 170 valence electrons. The van der Waals surface area contributed by atoms with E-state index in [2.05, 4.69) is 25.9 Å². The number of amides is 4. The maximum Gasteiger partial charge on any atom is 0.314 e. The van der Waals surface area contributed by atoms with Gasteiger partial charge in [0, 0.05) is 33.3 Å². The quantitative estimate of drug-likeness (QED) is 0.501. The van der Waals surface area contributed by atoms with Gasteiger partial charge in [-0.05, 0) is 12.1 Å². The van der Waals surface area contributed by atoms with Crippen LogP contribution in [0.5, 0.6) is 0 Å². The lowest BCUT2D eigenvalue weighted by Crippen LogP contribution is -2.53. The normalized spacial score (nSPS) is 13.5. The third-order valence-electron chi connectivity index (χ3n) is 4.38. The molecule has 1 aliphatic heterocycles. The van der Waals surface area contributed by atoms with Gasteiger partial charge in [0.1, 0.15) is 11.9 Å². The molecular weight excluding hydrogens is 460 g/mol. The van der Waals surface area contributed by atoms with Crippen molar-refractivity contribution in [2.24, 2.45) is 0 Å². The van der Waals surface area contributed by atoms with Crippen LogP contribution in [0.1, 0.15) is 20.4 Å². The Labute approximate surface area is 192 Å². The van der Waals surface area contributed by atoms with Gasteiger partial charge in [0.25, 0.3) is 5.91 Å². The van der Waals surface area contributed by atoms with Crippen LogP contribution in [-0.2, 0) is 32.1 Å². The second kappa shape index (κ2) is 10.5. The minimum Gasteiger partial charge on any atom is -0.375 e. The van der Waals surface area contributed by atoms with Crippen LogP contribution in [0.2, 0.25) is 5.02 Å². The fourth-order valence-corrected chi connectivity index (χ4v) is 3.81. The zero-order valence-corrected chi connectivity index (χ0v) is 18.9. The number of rotatable bonds is 6. The summed E-state index contributed by atoms with van der Waals surface area (Å²) in [6.07, 6.45) is 1.94. The largest absolute Gasteiger partial charge is 0.375 e. The van der Waals surface area contributed by atoms with Gasteiger partial charge >= 0.3 is 11.8 Å². The van der Waals surface area contributed by atoms with Crippen molar-refractivity contribution in [1.82, 2.24) is 25.5 Å². The first kappa shape index (κ1) is 23.6. The monoisotopic (exact) mass is 480 g/mol. The topological polar surface area (TPSA) is 143 Å². The average molecular weight is 481 g/mol. The van der Waals surface area contributed by atoms with Crippen LogP contribution in [0.3, 0.4) is 0 Å². The van der Waals surface area contributed by atoms with Gasteiger partial charge < -0.3 is 25.6 Å². The lowest BCUT2D eigenvalue weighted by atomic mass is 10.2. The maximum atomic E-state index is 12.7. The summed E-state index contributed by atoms with van der Waals surface area (Å²) in [5.41, 5.74) is 0.808. The van der Waals surface area contributed by atoms with E-state index in [1.165, 1.54) is 48.7 Å². The molecule has 4 amide bonds. The van der Waals surface area contributed by atoms with Gasteiger partial charge in [0.05, 0.1) is 28.8 Å². The molecule has 1 aliphatic rings. The average Bonchev–Trinajstić information content (AvgIpc) is 3.21. The predicted molar refractivity (Wildman–Crippen MR) is 116 cm³/mol. The second-order valence-corrected chi connectivity index (χ2v) is 8.50. The number of halogens is 1. The lowest BCUT2D eigenvalue weighted by molar-refractivity contribution is -0.136. The Kier molecular flexibility index (Phi) is 7.72. The van der Waals surface area contributed by atoms with Crippen LogP contribution in [0, 0.1) is 0 Å². The number of carbonyl (C=O) groups is 4. The fraction of sp³-hybridized carbons (Fsp3) is 0.368. The Morgan fingerprint density at radius 2 is 2.03 bits per heavy atom. The molecule has 0 bridgehead atoms. The van der Waals surface area contributed by atoms with E-state index in [9.17, 15) is 19.2 Å². The molecule has 0 saturated carbocycles. The van der Waals surface area contributed by atoms with E-state index in [0.717, 1.165) is 10.6 Å². The minimum atomic E-state index is -1.10. The number of ether oxygens (including phenoxy) is 1. The number of carbonyl (C=O) groups excluding carboxylic acids is 4. The van der Waals surface area contributed by atoms with Gasteiger partial charge in [0.2, 0.25) is 5.91 Å².